The first-order chi connectivity index (χ1) is 9.61. The van der Waals surface area contributed by atoms with Crippen LogP contribution in [0.15, 0.2) is 51.4 Å². The highest BCUT2D eigenvalue weighted by Gasteiger charge is 2.30. The summed E-state index contributed by atoms with van der Waals surface area (Å²) in [6, 6.07) is 15.0. The molecular formula is C16H14Br2ClN. The number of halogens is 3. The zero-order valence-corrected chi connectivity index (χ0v) is 14.7. The molecule has 1 aliphatic carbocycles. The Morgan fingerprint density at radius 3 is 2.55 bits per heavy atom. The molecule has 0 unspecified atom stereocenters. The molecule has 0 spiro atoms. The molecule has 4 heteroatoms. The normalized spacial score (nSPS) is 21.4. The lowest BCUT2D eigenvalue weighted by molar-refractivity contribution is 0.374. The van der Waals surface area contributed by atoms with Crippen molar-refractivity contribution in [2.24, 2.45) is 0 Å². The molecule has 20 heavy (non-hydrogen) atoms. The van der Waals surface area contributed by atoms with Gasteiger partial charge in [-0.2, -0.15) is 0 Å². The fourth-order valence-corrected chi connectivity index (χ4v) is 3.81. The van der Waals surface area contributed by atoms with Gasteiger partial charge in [-0.15, -0.1) is 0 Å². The lowest BCUT2D eigenvalue weighted by Gasteiger charge is -2.37. The molecule has 1 saturated carbocycles. The summed E-state index contributed by atoms with van der Waals surface area (Å²) >= 11 is 13.0. The van der Waals surface area contributed by atoms with Crippen LogP contribution in [0.3, 0.4) is 0 Å². The maximum absolute atomic E-state index is 5.96. The molecule has 0 radical (unpaired) electrons. The Bertz CT molecular complexity index is 624. The van der Waals surface area contributed by atoms with Gasteiger partial charge in [0.25, 0.3) is 0 Å². The van der Waals surface area contributed by atoms with Crippen LogP contribution < -0.4 is 5.32 Å². The number of hydrogen-bond donors (Lipinski definition) is 1. The minimum atomic E-state index is 0.538. The van der Waals surface area contributed by atoms with Crippen molar-refractivity contribution in [2.45, 2.75) is 24.8 Å². The van der Waals surface area contributed by atoms with Gasteiger partial charge in [-0.05, 0) is 70.6 Å². The summed E-state index contributed by atoms with van der Waals surface area (Å²) in [6.45, 7) is 0. The van der Waals surface area contributed by atoms with Crippen molar-refractivity contribution in [3.63, 3.8) is 0 Å². The monoisotopic (exact) mass is 413 g/mol. The first-order valence-corrected chi connectivity index (χ1v) is 8.55. The molecule has 0 aliphatic heterocycles. The Hall–Kier alpha value is -0.510. The second-order valence-electron chi connectivity index (χ2n) is 5.19. The van der Waals surface area contributed by atoms with Crippen LogP contribution in [-0.4, -0.2) is 6.04 Å². The van der Waals surface area contributed by atoms with E-state index in [0.717, 1.165) is 19.7 Å². The van der Waals surface area contributed by atoms with E-state index in [9.17, 15) is 0 Å². The van der Waals surface area contributed by atoms with E-state index in [4.69, 9.17) is 11.6 Å². The summed E-state index contributed by atoms with van der Waals surface area (Å²) in [5.41, 5.74) is 2.54. The predicted molar refractivity (Wildman–Crippen MR) is 92.7 cm³/mol. The largest absolute Gasteiger partial charge is 0.381 e. The molecule has 2 aromatic rings. The van der Waals surface area contributed by atoms with Gasteiger partial charge < -0.3 is 5.32 Å². The molecule has 0 aromatic heterocycles. The minimum absolute atomic E-state index is 0.538. The maximum Gasteiger partial charge on any atom is 0.0487 e. The molecule has 0 bridgehead atoms. The molecule has 1 nitrogen and oxygen atoms in total. The van der Waals surface area contributed by atoms with Crippen LogP contribution in [0.1, 0.15) is 24.3 Å². The Morgan fingerprint density at radius 2 is 1.85 bits per heavy atom. The smallest absolute Gasteiger partial charge is 0.0487 e. The highest BCUT2D eigenvalue weighted by molar-refractivity contribution is 9.10. The number of hydrogen-bond acceptors (Lipinski definition) is 1. The Labute approximate surface area is 141 Å². The quantitative estimate of drug-likeness (QED) is 0.627. The third kappa shape index (κ3) is 3.21. The summed E-state index contributed by atoms with van der Waals surface area (Å²) in [6.07, 6.45) is 2.34. The van der Waals surface area contributed by atoms with Crippen molar-refractivity contribution in [3.05, 3.63) is 62.0 Å². The van der Waals surface area contributed by atoms with Crippen LogP contribution in [0.2, 0.25) is 5.02 Å². The highest BCUT2D eigenvalue weighted by Crippen LogP contribution is 2.40. The van der Waals surface area contributed by atoms with Gasteiger partial charge in [-0.1, -0.05) is 39.7 Å². The molecule has 0 saturated heterocycles. The van der Waals surface area contributed by atoms with Crippen LogP contribution in [0.4, 0.5) is 5.69 Å². The van der Waals surface area contributed by atoms with E-state index < -0.39 is 0 Å². The van der Waals surface area contributed by atoms with Crippen LogP contribution >= 0.6 is 43.5 Å². The van der Waals surface area contributed by atoms with Crippen LogP contribution in [0.5, 0.6) is 0 Å². The van der Waals surface area contributed by atoms with Gasteiger partial charge in [0, 0.05) is 25.7 Å². The third-order valence-corrected chi connectivity index (χ3v) is 5.13. The Kier molecular flexibility index (Phi) is 4.39. The number of anilines is 1. The molecule has 0 amide bonds. The highest BCUT2D eigenvalue weighted by atomic mass is 79.9. The molecule has 2 aromatic carbocycles. The second kappa shape index (κ2) is 6.08. The van der Waals surface area contributed by atoms with E-state index in [1.807, 2.05) is 18.2 Å². The van der Waals surface area contributed by atoms with Gasteiger partial charge in [-0.3, -0.25) is 0 Å². The van der Waals surface area contributed by atoms with Crippen molar-refractivity contribution in [3.8, 4) is 0 Å². The zero-order valence-electron chi connectivity index (χ0n) is 10.7. The Morgan fingerprint density at radius 1 is 1.05 bits per heavy atom. The number of benzene rings is 2. The van der Waals surface area contributed by atoms with Gasteiger partial charge in [0.05, 0.1) is 0 Å². The molecule has 1 N–H and O–H groups in total. The van der Waals surface area contributed by atoms with E-state index in [-0.39, 0.29) is 0 Å². The fourth-order valence-electron chi connectivity index (χ4n) is 2.59. The molecule has 1 aliphatic rings. The number of nitrogens with one attached hydrogen (secondary N) is 1. The standard InChI is InChI=1S/C16H14Br2ClN/c17-12-3-1-2-10(6-12)11-7-14(8-11)20-16-5-4-13(19)9-15(16)18/h1-6,9,11,14,20H,7-8H2. The SMILES string of the molecule is Clc1ccc(NC2CC(c3cccc(Br)c3)C2)c(Br)c1. The zero-order chi connectivity index (χ0) is 14.1. The lowest BCUT2D eigenvalue weighted by atomic mass is 9.76. The molecule has 0 heterocycles. The maximum atomic E-state index is 5.96. The van der Waals surface area contributed by atoms with Crippen molar-refractivity contribution >= 4 is 49.1 Å². The topological polar surface area (TPSA) is 12.0 Å². The third-order valence-electron chi connectivity index (χ3n) is 3.75. The Balaban J connectivity index is 1.61. The van der Waals surface area contributed by atoms with Crippen molar-refractivity contribution < 1.29 is 0 Å². The average molecular weight is 416 g/mol. The lowest BCUT2D eigenvalue weighted by Crippen LogP contribution is -2.34. The van der Waals surface area contributed by atoms with E-state index in [0.29, 0.717) is 12.0 Å². The van der Waals surface area contributed by atoms with Crippen LogP contribution in [-0.2, 0) is 0 Å². The van der Waals surface area contributed by atoms with Gasteiger partial charge in [-0.25, -0.2) is 0 Å². The van der Waals surface area contributed by atoms with Crippen LogP contribution in [0, 0.1) is 0 Å². The molecule has 0 atom stereocenters. The van der Waals surface area contributed by atoms with E-state index in [1.54, 1.807) is 0 Å². The number of rotatable bonds is 3. The predicted octanol–water partition coefficient (Wildman–Crippen LogP) is 6.22. The van der Waals surface area contributed by atoms with E-state index in [2.05, 4.69) is 61.4 Å². The van der Waals surface area contributed by atoms with Crippen molar-refractivity contribution in [2.75, 3.05) is 5.32 Å². The summed E-state index contributed by atoms with van der Waals surface area (Å²) in [7, 11) is 0. The summed E-state index contributed by atoms with van der Waals surface area (Å²) in [4.78, 5) is 0. The van der Waals surface area contributed by atoms with Gasteiger partial charge in [0.1, 0.15) is 0 Å². The summed E-state index contributed by atoms with van der Waals surface area (Å²) in [5, 5.41) is 4.32. The fraction of sp³-hybridized carbons (Fsp3) is 0.250. The molecule has 104 valence electrons. The minimum Gasteiger partial charge on any atom is -0.381 e. The van der Waals surface area contributed by atoms with Gasteiger partial charge in [0.15, 0.2) is 0 Å². The summed E-state index contributed by atoms with van der Waals surface area (Å²) < 4.78 is 2.18. The van der Waals surface area contributed by atoms with Crippen molar-refractivity contribution in [1.82, 2.24) is 0 Å². The first kappa shape index (κ1) is 14.4. The van der Waals surface area contributed by atoms with Gasteiger partial charge >= 0.3 is 0 Å². The van der Waals surface area contributed by atoms with Crippen LogP contribution in [0.25, 0.3) is 0 Å². The molecular weight excluding hydrogens is 401 g/mol. The molecule has 3 rings (SSSR count). The summed E-state index contributed by atoms with van der Waals surface area (Å²) in [5.74, 6) is 0.663. The van der Waals surface area contributed by atoms with Gasteiger partial charge in [0.2, 0.25) is 0 Å². The second-order valence-corrected chi connectivity index (χ2v) is 7.40. The van der Waals surface area contributed by atoms with Crippen molar-refractivity contribution in [1.29, 1.82) is 0 Å². The van der Waals surface area contributed by atoms with E-state index in [1.165, 1.54) is 18.4 Å². The average Bonchev–Trinajstić information content (AvgIpc) is 2.35. The van der Waals surface area contributed by atoms with E-state index >= 15 is 0 Å². The first-order valence-electron chi connectivity index (χ1n) is 6.59. The molecule has 1 fully saturated rings.